The van der Waals surface area contributed by atoms with Crippen LogP contribution in [-0.4, -0.2) is 48.1 Å². The predicted octanol–water partition coefficient (Wildman–Crippen LogP) is 3.53. The van der Waals surface area contributed by atoms with Crippen LogP contribution >= 0.6 is 0 Å². The van der Waals surface area contributed by atoms with Crippen molar-refractivity contribution < 1.29 is 0 Å². The molecule has 2 N–H and O–H groups in total. The van der Waals surface area contributed by atoms with Gasteiger partial charge in [-0.05, 0) is 70.6 Å². The number of anilines is 2. The minimum Gasteiger partial charge on any atom is -0.368 e. The third kappa shape index (κ3) is 4.08. The average Bonchev–Trinajstić information content (AvgIpc) is 2.86. The second-order valence-corrected chi connectivity index (χ2v) is 7.95. The van der Waals surface area contributed by atoms with Gasteiger partial charge in [-0.3, -0.25) is 0 Å². The molecule has 0 saturated carbocycles. The average molecular weight is 366 g/mol. The molecule has 1 saturated heterocycles. The number of hydrogen-bond donors (Lipinski definition) is 1. The number of aryl methyl sites for hydroxylation is 1. The molecule has 0 radical (unpaired) electrons. The van der Waals surface area contributed by atoms with Gasteiger partial charge in [-0.25, -0.2) is 4.98 Å². The third-order valence-corrected chi connectivity index (χ3v) is 5.88. The van der Waals surface area contributed by atoms with Crippen LogP contribution in [0, 0.1) is 0 Å². The molecule has 144 valence electrons. The Bertz CT molecular complexity index is 776. The number of nitrogen functional groups attached to an aromatic ring is 1. The summed E-state index contributed by atoms with van der Waals surface area (Å²) in [5.41, 5.74) is 11.2. The normalized spacial score (nSPS) is 19.1. The van der Waals surface area contributed by atoms with E-state index in [2.05, 4.69) is 46.1 Å². The highest BCUT2D eigenvalue weighted by molar-refractivity contribution is 5.74. The molecule has 2 heterocycles. The largest absolute Gasteiger partial charge is 0.368 e. The van der Waals surface area contributed by atoms with Gasteiger partial charge in [0.05, 0.1) is 5.69 Å². The summed E-state index contributed by atoms with van der Waals surface area (Å²) in [5.74, 6) is 1.49. The van der Waals surface area contributed by atoms with Crippen molar-refractivity contribution in [2.45, 2.75) is 44.9 Å². The minimum absolute atomic E-state index is 0.400. The summed E-state index contributed by atoms with van der Waals surface area (Å²) in [6, 6.07) is 8.64. The summed E-state index contributed by atoms with van der Waals surface area (Å²) in [5, 5.41) is 0. The third-order valence-electron chi connectivity index (χ3n) is 5.88. The molecule has 5 heteroatoms. The number of hydrogen-bond acceptors (Lipinski definition) is 5. The maximum absolute atomic E-state index is 6.19. The van der Waals surface area contributed by atoms with E-state index in [1.165, 1.54) is 55.5 Å². The standard InChI is InChI=1S/C22H31N5/c1-26-13-4-6-15-27(16-7-5-14-26)21-19-12-8-10-17-9-2-3-11-18(17)20(19)24-22(23)25-21/h2-3,9,11H,4-8,10,12-16H2,1H3,(H2,23,24,25). The van der Waals surface area contributed by atoms with Gasteiger partial charge in [-0.1, -0.05) is 24.3 Å². The summed E-state index contributed by atoms with van der Waals surface area (Å²) < 4.78 is 0. The Morgan fingerprint density at radius 2 is 1.56 bits per heavy atom. The van der Waals surface area contributed by atoms with Crippen LogP contribution in [0.25, 0.3) is 11.3 Å². The number of nitrogens with two attached hydrogens (primary N) is 1. The van der Waals surface area contributed by atoms with Gasteiger partial charge < -0.3 is 15.5 Å². The Kier molecular flexibility index (Phi) is 5.58. The van der Waals surface area contributed by atoms with E-state index >= 15 is 0 Å². The number of benzene rings is 1. The van der Waals surface area contributed by atoms with E-state index < -0.39 is 0 Å². The lowest BCUT2D eigenvalue weighted by molar-refractivity contribution is 0.313. The van der Waals surface area contributed by atoms with Gasteiger partial charge >= 0.3 is 0 Å². The molecule has 0 bridgehead atoms. The lowest BCUT2D eigenvalue weighted by Gasteiger charge is -2.29. The zero-order valence-corrected chi connectivity index (χ0v) is 16.5. The first-order chi connectivity index (χ1) is 13.2. The zero-order chi connectivity index (χ0) is 18.6. The molecule has 1 aromatic carbocycles. The highest BCUT2D eigenvalue weighted by Crippen LogP contribution is 2.36. The van der Waals surface area contributed by atoms with Crippen molar-refractivity contribution in [1.29, 1.82) is 0 Å². The lowest BCUT2D eigenvalue weighted by atomic mass is 10.0. The molecule has 1 aromatic heterocycles. The number of rotatable bonds is 1. The molecular formula is C22H31N5. The van der Waals surface area contributed by atoms with Crippen molar-refractivity contribution >= 4 is 11.8 Å². The fourth-order valence-corrected chi connectivity index (χ4v) is 4.43. The predicted molar refractivity (Wildman–Crippen MR) is 112 cm³/mol. The maximum Gasteiger partial charge on any atom is 0.222 e. The van der Waals surface area contributed by atoms with E-state index in [0.29, 0.717) is 5.95 Å². The van der Waals surface area contributed by atoms with E-state index in [4.69, 9.17) is 10.7 Å². The monoisotopic (exact) mass is 365 g/mol. The fourth-order valence-electron chi connectivity index (χ4n) is 4.43. The highest BCUT2D eigenvalue weighted by Gasteiger charge is 2.23. The Labute approximate surface area is 162 Å². The maximum atomic E-state index is 6.19. The molecule has 0 spiro atoms. The molecule has 4 rings (SSSR count). The molecule has 1 fully saturated rings. The van der Waals surface area contributed by atoms with Crippen molar-refractivity contribution in [3.8, 4) is 11.3 Å². The minimum atomic E-state index is 0.400. The van der Waals surface area contributed by atoms with Crippen molar-refractivity contribution in [3.05, 3.63) is 35.4 Å². The molecule has 0 unspecified atom stereocenters. The second-order valence-electron chi connectivity index (χ2n) is 7.95. The van der Waals surface area contributed by atoms with Crippen LogP contribution in [-0.2, 0) is 12.8 Å². The smallest absolute Gasteiger partial charge is 0.222 e. The quantitative estimate of drug-likeness (QED) is 0.838. The molecule has 1 aliphatic carbocycles. The van der Waals surface area contributed by atoms with Crippen molar-refractivity contribution in [3.63, 3.8) is 0 Å². The van der Waals surface area contributed by atoms with E-state index in [1.807, 2.05) is 0 Å². The Hall–Kier alpha value is -2.14. The van der Waals surface area contributed by atoms with Crippen LogP contribution < -0.4 is 10.6 Å². The Morgan fingerprint density at radius 3 is 2.33 bits per heavy atom. The first kappa shape index (κ1) is 18.2. The SMILES string of the molecule is CN1CCCCN(c2nc(N)nc3c2CCCc2ccccc2-3)CCCC1. The van der Waals surface area contributed by atoms with Crippen molar-refractivity contribution in [2.75, 3.05) is 43.9 Å². The van der Waals surface area contributed by atoms with Gasteiger partial charge in [0.2, 0.25) is 5.95 Å². The van der Waals surface area contributed by atoms with Crippen molar-refractivity contribution in [1.82, 2.24) is 14.9 Å². The molecule has 2 aromatic rings. The molecule has 0 atom stereocenters. The van der Waals surface area contributed by atoms with Gasteiger partial charge in [0.25, 0.3) is 0 Å². The van der Waals surface area contributed by atoms with Gasteiger partial charge in [0, 0.05) is 24.2 Å². The molecule has 1 aliphatic heterocycles. The molecule has 27 heavy (non-hydrogen) atoms. The van der Waals surface area contributed by atoms with Crippen LogP contribution in [0.1, 0.15) is 43.2 Å². The molecule has 5 nitrogen and oxygen atoms in total. The number of nitrogens with zero attached hydrogens (tertiary/aromatic N) is 4. The van der Waals surface area contributed by atoms with Crippen LogP contribution in [0.15, 0.2) is 24.3 Å². The van der Waals surface area contributed by atoms with Crippen LogP contribution in [0.3, 0.4) is 0 Å². The zero-order valence-electron chi connectivity index (χ0n) is 16.5. The summed E-state index contributed by atoms with van der Waals surface area (Å²) in [6.45, 7) is 4.48. The second kappa shape index (κ2) is 8.26. The Balaban J connectivity index is 1.70. The fraction of sp³-hybridized carbons (Fsp3) is 0.545. The van der Waals surface area contributed by atoms with Crippen LogP contribution in [0.2, 0.25) is 0 Å². The topological polar surface area (TPSA) is 58.3 Å². The highest BCUT2D eigenvalue weighted by atomic mass is 15.2. The summed E-state index contributed by atoms with van der Waals surface area (Å²) >= 11 is 0. The van der Waals surface area contributed by atoms with E-state index in [9.17, 15) is 0 Å². The summed E-state index contributed by atoms with van der Waals surface area (Å²) in [4.78, 5) is 14.4. The van der Waals surface area contributed by atoms with Crippen LogP contribution in [0.4, 0.5) is 11.8 Å². The van der Waals surface area contributed by atoms with E-state index in [0.717, 1.165) is 43.9 Å². The van der Waals surface area contributed by atoms with Gasteiger partial charge in [0.15, 0.2) is 0 Å². The van der Waals surface area contributed by atoms with Crippen LogP contribution in [0.5, 0.6) is 0 Å². The molecule has 2 aliphatic rings. The van der Waals surface area contributed by atoms with Crippen molar-refractivity contribution in [2.24, 2.45) is 0 Å². The summed E-state index contributed by atoms with van der Waals surface area (Å²) in [7, 11) is 2.24. The van der Waals surface area contributed by atoms with E-state index in [1.54, 1.807) is 0 Å². The Morgan fingerprint density at radius 1 is 0.852 bits per heavy atom. The number of fused-ring (bicyclic) bond motifs is 3. The van der Waals surface area contributed by atoms with Gasteiger partial charge in [-0.15, -0.1) is 0 Å². The molecular weight excluding hydrogens is 334 g/mol. The van der Waals surface area contributed by atoms with Gasteiger partial charge in [-0.2, -0.15) is 4.98 Å². The van der Waals surface area contributed by atoms with Gasteiger partial charge in [0.1, 0.15) is 5.82 Å². The van der Waals surface area contributed by atoms with E-state index in [-0.39, 0.29) is 0 Å². The molecule has 0 amide bonds. The summed E-state index contributed by atoms with van der Waals surface area (Å²) in [6.07, 6.45) is 8.12. The lowest BCUT2D eigenvalue weighted by Crippen LogP contribution is -2.31. The first-order valence-corrected chi connectivity index (χ1v) is 10.4. The number of aromatic nitrogens is 2. The first-order valence-electron chi connectivity index (χ1n) is 10.4.